The molecule has 5 nitrogen and oxygen atoms in total. The van der Waals surface area contributed by atoms with Crippen LogP contribution in [0.15, 0.2) is 0 Å². The summed E-state index contributed by atoms with van der Waals surface area (Å²) in [7, 11) is 1.30. The van der Waals surface area contributed by atoms with Gasteiger partial charge in [-0.25, -0.2) is 9.59 Å². The topological polar surface area (TPSA) is 64.6 Å². The van der Waals surface area contributed by atoms with Crippen LogP contribution in [0, 0.1) is 5.92 Å². The summed E-state index contributed by atoms with van der Waals surface area (Å²) in [5.41, 5.74) is -0.583. The summed E-state index contributed by atoms with van der Waals surface area (Å²) < 4.78 is 9.76. The third kappa shape index (κ3) is 6.14. The van der Waals surface area contributed by atoms with E-state index in [1.54, 1.807) is 20.8 Å². The number of carbonyl (C=O) groups excluding carboxylic acids is 2. The Morgan fingerprint density at radius 1 is 1.29 bits per heavy atom. The average molecular weight is 245 g/mol. The van der Waals surface area contributed by atoms with Gasteiger partial charge in [-0.05, 0) is 26.7 Å². The Labute approximate surface area is 103 Å². The van der Waals surface area contributed by atoms with E-state index in [0.29, 0.717) is 0 Å². The third-order valence-electron chi connectivity index (χ3n) is 2.34. The fourth-order valence-corrected chi connectivity index (χ4v) is 1.23. The highest BCUT2D eigenvalue weighted by molar-refractivity contribution is 5.81. The number of methoxy groups -OCH3 is 1. The summed E-state index contributed by atoms with van der Waals surface area (Å²) in [6.45, 7) is 9.12. The fourth-order valence-electron chi connectivity index (χ4n) is 1.23. The van der Waals surface area contributed by atoms with Gasteiger partial charge in [0.25, 0.3) is 0 Å². The molecule has 1 N–H and O–H groups in total. The van der Waals surface area contributed by atoms with E-state index in [4.69, 9.17) is 4.74 Å². The summed E-state index contributed by atoms with van der Waals surface area (Å²) in [5, 5.41) is 2.54. The molecule has 5 heteroatoms. The number of esters is 1. The number of hydrogen-bond acceptors (Lipinski definition) is 4. The van der Waals surface area contributed by atoms with Gasteiger partial charge in [0.1, 0.15) is 11.6 Å². The van der Waals surface area contributed by atoms with Crippen LogP contribution in [0.25, 0.3) is 0 Å². The van der Waals surface area contributed by atoms with Gasteiger partial charge >= 0.3 is 12.1 Å². The Bertz CT molecular complexity index is 270. The molecule has 0 bridgehead atoms. The first-order chi connectivity index (χ1) is 7.71. The molecule has 1 unspecified atom stereocenters. The normalized spacial score (nSPS) is 14.7. The molecule has 0 aromatic carbocycles. The number of hydrogen-bond donors (Lipinski definition) is 1. The first-order valence-electron chi connectivity index (χ1n) is 5.78. The van der Waals surface area contributed by atoms with E-state index >= 15 is 0 Å². The molecule has 0 aliphatic rings. The number of amides is 1. The quantitative estimate of drug-likeness (QED) is 0.770. The molecule has 0 aliphatic heterocycles. The molecule has 0 saturated carbocycles. The molecule has 1 amide bonds. The van der Waals surface area contributed by atoms with Gasteiger partial charge < -0.3 is 14.8 Å². The van der Waals surface area contributed by atoms with E-state index in [2.05, 4.69) is 10.1 Å². The molecule has 17 heavy (non-hydrogen) atoms. The molecule has 0 spiro atoms. The highest BCUT2D eigenvalue weighted by atomic mass is 16.6. The Balaban J connectivity index is 4.54. The van der Waals surface area contributed by atoms with Crippen LogP contribution in [0.4, 0.5) is 4.79 Å². The predicted octanol–water partition coefficient (Wildman–Crippen LogP) is 2.10. The number of ether oxygens (including phenoxy) is 2. The zero-order valence-corrected chi connectivity index (χ0v) is 11.5. The summed E-state index contributed by atoms with van der Waals surface area (Å²) >= 11 is 0. The monoisotopic (exact) mass is 245 g/mol. The fraction of sp³-hybridized carbons (Fsp3) is 0.833. The molecule has 0 rings (SSSR count). The lowest BCUT2D eigenvalue weighted by molar-refractivity contribution is -0.144. The first kappa shape index (κ1) is 15.7. The summed E-state index contributed by atoms with van der Waals surface area (Å²) in [4.78, 5) is 23.1. The van der Waals surface area contributed by atoms with E-state index in [-0.39, 0.29) is 5.92 Å². The van der Waals surface area contributed by atoms with E-state index in [0.717, 1.165) is 6.42 Å². The van der Waals surface area contributed by atoms with Crippen molar-refractivity contribution in [2.24, 2.45) is 5.92 Å². The lowest BCUT2D eigenvalue weighted by Crippen LogP contribution is -2.47. The standard InChI is InChI=1S/C12H23NO4/c1-7-8(2)9(10(14)16-6)13-11(15)17-12(3,4)5/h8-9H,7H2,1-6H3,(H,13,15)/t8?,9-/m0/s1. The molecule has 0 fully saturated rings. The SMILES string of the molecule is CCC(C)[C@H](NC(=O)OC(C)(C)C)C(=O)OC. The van der Waals surface area contributed by atoms with Crippen molar-refractivity contribution in [1.82, 2.24) is 5.32 Å². The van der Waals surface area contributed by atoms with Crippen LogP contribution in [-0.2, 0) is 14.3 Å². The number of carbonyl (C=O) groups is 2. The number of rotatable bonds is 4. The van der Waals surface area contributed by atoms with Gasteiger partial charge in [0, 0.05) is 0 Å². The highest BCUT2D eigenvalue weighted by Gasteiger charge is 2.28. The molecule has 0 aliphatic carbocycles. The minimum atomic E-state index is -0.667. The van der Waals surface area contributed by atoms with Crippen LogP contribution in [0.2, 0.25) is 0 Å². The van der Waals surface area contributed by atoms with Crippen molar-refractivity contribution >= 4 is 12.1 Å². The molecule has 0 aromatic heterocycles. The van der Waals surface area contributed by atoms with E-state index in [1.165, 1.54) is 7.11 Å². The van der Waals surface area contributed by atoms with Crippen molar-refractivity contribution in [3.05, 3.63) is 0 Å². The van der Waals surface area contributed by atoms with Crippen LogP contribution in [0.3, 0.4) is 0 Å². The van der Waals surface area contributed by atoms with Crippen molar-refractivity contribution in [1.29, 1.82) is 0 Å². The average Bonchev–Trinajstić information content (AvgIpc) is 2.21. The van der Waals surface area contributed by atoms with Gasteiger partial charge in [0.2, 0.25) is 0 Å². The highest BCUT2D eigenvalue weighted by Crippen LogP contribution is 2.11. The zero-order valence-electron chi connectivity index (χ0n) is 11.5. The van der Waals surface area contributed by atoms with Crippen LogP contribution in [0.1, 0.15) is 41.0 Å². The lowest BCUT2D eigenvalue weighted by Gasteiger charge is -2.25. The molecular weight excluding hydrogens is 222 g/mol. The van der Waals surface area contributed by atoms with Crippen LogP contribution in [0.5, 0.6) is 0 Å². The van der Waals surface area contributed by atoms with E-state index < -0.39 is 23.7 Å². The van der Waals surface area contributed by atoms with Crippen LogP contribution < -0.4 is 5.32 Å². The van der Waals surface area contributed by atoms with E-state index in [9.17, 15) is 9.59 Å². The minimum Gasteiger partial charge on any atom is -0.467 e. The third-order valence-corrected chi connectivity index (χ3v) is 2.34. The second kappa shape index (κ2) is 6.47. The maximum Gasteiger partial charge on any atom is 0.408 e. The van der Waals surface area contributed by atoms with Crippen LogP contribution in [-0.4, -0.2) is 30.8 Å². The summed E-state index contributed by atoms with van der Waals surface area (Å²) in [5.74, 6) is -0.458. The molecule has 0 aromatic rings. The Hall–Kier alpha value is -1.26. The zero-order chi connectivity index (χ0) is 13.6. The maximum atomic E-state index is 11.6. The Morgan fingerprint density at radius 2 is 1.82 bits per heavy atom. The van der Waals surface area contributed by atoms with Crippen molar-refractivity contribution in [3.63, 3.8) is 0 Å². The van der Waals surface area contributed by atoms with Crippen molar-refractivity contribution in [2.45, 2.75) is 52.7 Å². The Kier molecular flexibility index (Phi) is 5.99. The molecule has 100 valence electrons. The lowest BCUT2D eigenvalue weighted by atomic mass is 9.99. The largest absolute Gasteiger partial charge is 0.467 e. The minimum absolute atomic E-state index is 0.00466. The Morgan fingerprint density at radius 3 is 2.18 bits per heavy atom. The van der Waals surface area contributed by atoms with Gasteiger partial charge in [0.15, 0.2) is 0 Å². The molecular formula is C12H23NO4. The first-order valence-corrected chi connectivity index (χ1v) is 5.78. The number of alkyl carbamates (subject to hydrolysis) is 1. The molecule has 0 saturated heterocycles. The van der Waals surface area contributed by atoms with Crippen molar-refractivity contribution in [3.8, 4) is 0 Å². The number of nitrogens with one attached hydrogen (secondary N) is 1. The predicted molar refractivity (Wildman–Crippen MR) is 64.6 cm³/mol. The molecule has 0 heterocycles. The van der Waals surface area contributed by atoms with Crippen molar-refractivity contribution in [2.75, 3.05) is 7.11 Å². The van der Waals surface area contributed by atoms with E-state index in [1.807, 2.05) is 13.8 Å². The van der Waals surface area contributed by atoms with Crippen molar-refractivity contribution < 1.29 is 19.1 Å². The second-order valence-electron chi connectivity index (χ2n) is 5.03. The van der Waals surface area contributed by atoms with Crippen LogP contribution >= 0.6 is 0 Å². The molecule has 2 atom stereocenters. The maximum absolute atomic E-state index is 11.6. The van der Waals surface area contributed by atoms with Gasteiger partial charge in [-0.2, -0.15) is 0 Å². The second-order valence-corrected chi connectivity index (χ2v) is 5.03. The van der Waals surface area contributed by atoms with Gasteiger partial charge in [0.05, 0.1) is 7.11 Å². The van der Waals surface area contributed by atoms with Gasteiger partial charge in [-0.1, -0.05) is 20.3 Å². The van der Waals surface area contributed by atoms with Gasteiger partial charge in [-0.15, -0.1) is 0 Å². The molecule has 0 radical (unpaired) electrons. The summed E-state index contributed by atoms with van der Waals surface area (Å²) in [6.07, 6.45) is 0.156. The van der Waals surface area contributed by atoms with Gasteiger partial charge in [-0.3, -0.25) is 0 Å². The summed E-state index contributed by atoms with van der Waals surface area (Å²) in [6, 6.07) is -0.667. The smallest absolute Gasteiger partial charge is 0.408 e.